The highest BCUT2D eigenvalue weighted by atomic mass is 32.2. The van der Waals surface area contributed by atoms with Crippen LogP contribution >= 0.6 is 11.8 Å². The highest BCUT2D eigenvalue weighted by molar-refractivity contribution is 7.99. The molecular formula is C8H15N5OS. The average molecular weight is 229 g/mol. The number of carbonyl (C=O) groups excluding carboxylic acids is 1. The first-order valence-electron chi connectivity index (χ1n) is 4.67. The fourth-order valence-corrected chi connectivity index (χ4v) is 1.90. The molecule has 84 valence electrons. The number of H-pyrrole nitrogens is 1. The number of nitrogens with two attached hydrogens (primary N) is 1. The molecule has 0 saturated heterocycles. The zero-order valence-electron chi connectivity index (χ0n) is 8.78. The minimum Gasteiger partial charge on any atom is -0.294 e. The van der Waals surface area contributed by atoms with E-state index in [-0.39, 0.29) is 11.2 Å². The second-order valence-electron chi connectivity index (χ2n) is 3.24. The summed E-state index contributed by atoms with van der Waals surface area (Å²) in [6, 6.07) is 0. The molecule has 15 heavy (non-hydrogen) atoms. The Hall–Kier alpha value is -1.08. The predicted molar refractivity (Wildman–Crippen MR) is 58.0 cm³/mol. The van der Waals surface area contributed by atoms with Gasteiger partial charge in [0, 0.05) is 11.7 Å². The Morgan fingerprint density at radius 1 is 1.73 bits per heavy atom. The van der Waals surface area contributed by atoms with Gasteiger partial charge >= 0.3 is 0 Å². The number of hydrogen-bond acceptors (Lipinski definition) is 5. The molecule has 7 heteroatoms. The summed E-state index contributed by atoms with van der Waals surface area (Å²) in [5.74, 6) is 5.63. The number of carbonyl (C=O) groups is 1. The Bertz CT molecular complexity index is 327. The number of nitrogens with zero attached hydrogens (tertiary/aromatic N) is 2. The highest BCUT2D eigenvalue weighted by Crippen LogP contribution is 2.22. The van der Waals surface area contributed by atoms with Gasteiger partial charge in [-0.2, -0.15) is 0 Å². The lowest BCUT2D eigenvalue weighted by molar-refractivity contribution is -0.121. The number of hydrazine groups is 1. The fourth-order valence-electron chi connectivity index (χ4n) is 1.02. The molecule has 0 saturated carbocycles. The molecule has 0 bridgehead atoms. The average Bonchev–Trinajstić information content (AvgIpc) is 2.60. The van der Waals surface area contributed by atoms with E-state index in [2.05, 4.69) is 20.6 Å². The van der Waals surface area contributed by atoms with Gasteiger partial charge in [0.25, 0.3) is 0 Å². The van der Waals surface area contributed by atoms with Crippen molar-refractivity contribution in [2.45, 2.75) is 37.1 Å². The Balaban J connectivity index is 2.30. The monoisotopic (exact) mass is 229 g/mol. The van der Waals surface area contributed by atoms with Crippen LogP contribution in [0.15, 0.2) is 5.16 Å². The summed E-state index contributed by atoms with van der Waals surface area (Å²) in [5, 5.41) is 7.78. The Kier molecular flexibility index (Phi) is 4.57. The molecular weight excluding hydrogens is 214 g/mol. The van der Waals surface area contributed by atoms with E-state index in [1.807, 2.05) is 13.8 Å². The molecule has 0 aromatic carbocycles. The van der Waals surface area contributed by atoms with Gasteiger partial charge in [-0.05, 0) is 13.3 Å². The van der Waals surface area contributed by atoms with E-state index >= 15 is 0 Å². The molecule has 6 nitrogen and oxygen atoms in total. The molecule has 1 unspecified atom stereocenters. The molecule has 4 N–H and O–H groups in total. The second kappa shape index (κ2) is 5.72. The van der Waals surface area contributed by atoms with Gasteiger partial charge in [-0.3, -0.25) is 15.3 Å². The van der Waals surface area contributed by atoms with Crippen LogP contribution in [0.5, 0.6) is 0 Å². The summed E-state index contributed by atoms with van der Waals surface area (Å²) < 4.78 is 0. The Morgan fingerprint density at radius 2 is 2.47 bits per heavy atom. The minimum atomic E-state index is -0.145. The third-order valence-corrected chi connectivity index (χ3v) is 2.85. The molecule has 0 fully saturated rings. The van der Waals surface area contributed by atoms with E-state index in [0.717, 1.165) is 12.2 Å². The van der Waals surface area contributed by atoms with Crippen molar-refractivity contribution in [1.82, 2.24) is 20.6 Å². The predicted octanol–water partition coefficient (Wildman–Crippen LogP) is 0.364. The van der Waals surface area contributed by atoms with Crippen molar-refractivity contribution in [3.8, 4) is 0 Å². The molecule has 0 aliphatic rings. The lowest BCUT2D eigenvalue weighted by Gasteiger charge is -2.06. The van der Waals surface area contributed by atoms with Crippen molar-refractivity contribution >= 4 is 17.7 Å². The standard InChI is InChI=1S/C8H15N5OS/c1-5(3-4-7(14)11-9)15-8-10-6(2)12-13-8/h5H,3-4,9H2,1-2H3,(H,11,14)(H,10,12,13). The van der Waals surface area contributed by atoms with Crippen LogP contribution in [0.4, 0.5) is 0 Å². The number of aryl methyl sites for hydroxylation is 1. The minimum absolute atomic E-state index is 0.145. The molecule has 1 atom stereocenters. The van der Waals surface area contributed by atoms with Crippen molar-refractivity contribution in [3.63, 3.8) is 0 Å². The summed E-state index contributed by atoms with van der Waals surface area (Å²) in [6.07, 6.45) is 1.18. The highest BCUT2D eigenvalue weighted by Gasteiger charge is 2.10. The van der Waals surface area contributed by atoms with E-state index in [4.69, 9.17) is 5.84 Å². The number of rotatable bonds is 5. The van der Waals surface area contributed by atoms with Crippen molar-refractivity contribution < 1.29 is 4.79 Å². The smallest absolute Gasteiger partial charge is 0.233 e. The summed E-state index contributed by atoms with van der Waals surface area (Å²) >= 11 is 1.54. The van der Waals surface area contributed by atoms with Crippen LogP contribution in [0.1, 0.15) is 25.6 Å². The number of amides is 1. The maximum Gasteiger partial charge on any atom is 0.233 e. The van der Waals surface area contributed by atoms with Crippen LogP contribution in [0.2, 0.25) is 0 Å². The molecule has 1 amide bonds. The van der Waals surface area contributed by atoms with Gasteiger partial charge in [0.2, 0.25) is 11.1 Å². The molecule has 1 heterocycles. The topological polar surface area (TPSA) is 96.7 Å². The third kappa shape index (κ3) is 4.30. The number of aromatic nitrogens is 3. The summed E-state index contributed by atoms with van der Waals surface area (Å²) in [6.45, 7) is 3.88. The molecule has 0 spiro atoms. The van der Waals surface area contributed by atoms with Gasteiger partial charge in [0.15, 0.2) is 0 Å². The van der Waals surface area contributed by atoms with Gasteiger partial charge in [-0.15, -0.1) is 5.10 Å². The summed E-state index contributed by atoms with van der Waals surface area (Å²) in [5.41, 5.74) is 2.10. The van der Waals surface area contributed by atoms with Crippen molar-refractivity contribution in [2.24, 2.45) is 5.84 Å². The van der Waals surface area contributed by atoms with Crippen LogP contribution in [0, 0.1) is 6.92 Å². The summed E-state index contributed by atoms with van der Waals surface area (Å²) in [4.78, 5) is 15.1. The van der Waals surface area contributed by atoms with E-state index in [1.54, 1.807) is 11.8 Å². The van der Waals surface area contributed by atoms with Gasteiger partial charge < -0.3 is 0 Å². The van der Waals surface area contributed by atoms with Crippen LogP contribution < -0.4 is 11.3 Å². The van der Waals surface area contributed by atoms with Gasteiger partial charge in [0.1, 0.15) is 5.82 Å². The van der Waals surface area contributed by atoms with Crippen LogP contribution in [-0.2, 0) is 4.79 Å². The first-order valence-corrected chi connectivity index (χ1v) is 5.55. The zero-order chi connectivity index (χ0) is 11.3. The number of thioether (sulfide) groups is 1. The first kappa shape index (κ1) is 12.0. The van der Waals surface area contributed by atoms with Crippen molar-refractivity contribution in [3.05, 3.63) is 5.82 Å². The maximum atomic E-state index is 10.9. The molecule has 0 aliphatic carbocycles. The van der Waals surface area contributed by atoms with Crippen LogP contribution in [-0.4, -0.2) is 26.3 Å². The number of nitrogens with one attached hydrogen (secondary N) is 2. The van der Waals surface area contributed by atoms with Crippen LogP contribution in [0.3, 0.4) is 0 Å². The summed E-state index contributed by atoms with van der Waals surface area (Å²) in [7, 11) is 0. The number of hydrogen-bond donors (Lipinski definition) is 3. The maximum absolute atomic E-state index is 10.9. The van der Waals surface area contributed by atoms with E-state index < -0.39 is 0 Å². The van der Waals surface area contributed by atoms with E-state index in [1.165, 1.54) is 0 Å². The van der Waals surface area contributed by atoms with Crippen molar-refractivity contribution in [1.29, 1.82) is 0 Å². The van der Waals surface area contributed by atoms with E-state index in [9.17, 15) is 4.79 Å². The van der Waals surface area contributed by atoms with Gasteiger partial charge in [-0.1, -0.05) is 18.7 Å². The lowest BCUT2D eigenvalue weighted by Crippen LogP contribution is -2.30. The first-order chi connectivity index (χ1) is 7.11. The molecule has 0 aliphatic heterocycles. The molecule has 1 rings (SSSR count). The largest absolute Gasteiger partial charge is 0.294 e. The van der Waals surface area contributed by atoms with Gasteiger partial charge in [-0.25, -0.2) is 10.8 Å². The number of aromatic amines is 1. The SMILES string of the molecule is Cc1nc(SC(C)CCC(=O)NN)n[nH]1. The van der Waals surface area contributed by atoms with Gasteiger partial charge in [0.05, 0.1) is 0 Å². The lowest BCUT2D eigenvalue weighted by atomic mass is 10.2. The molecule has 1 aromatic heterocycles. The Labute approximate surface area is 92.4 Å². The normalized spacial score (nSPS) is 12.5. The molecule has 0 radical (unpaired) electrons. The third-order valence-electron chi connectivity index (χ3n) is 1.82. The van der Waals surface area contributed by atoms with E-state index in [0.29, 0.717) is 11.6 Å². The molecule has 1 aromatic rings. The van der Waals surface area contributed by atoms with Crippen LogP contribution in [0.25, 0.3) is 0 Å². The second-order valence-corrected chi connectivity index (χ2v) is 4.64. The van der Waals surface area contributed by atoms with Crippen molar-refractivity contribution in [2.75, 3.05) is 0 Å². The fraction of sp³-hybridized carbons (Fsp3) is 0.625. The quantitative estimate of drug-likeness (QED) is 0.293. The Morgan fingerprint density at radius 3 is 3.00 bits per heavy atom. The zero-order valence-corrected chi connectivity index (χ0v) is 9.60.